The highest BCUT2D eigenvalue weighted by molar-refractivity contribution is 9.10. The molecule has 0 amide bonds. The highest BCUT2D eigenvalue weighted by atomic mass is 79.9. The number of fused-ring (bicyclic) bond motifs is 6. The molecule has 12 aromatic carbocycles. The van der Waals surface area contributed by atoms with E-state index >= 15 is 0 Å². The van der Waals surface area contributed by atoms with E-state index in [9.17, 15) is 0 Å². The summed E-state index contributed by atoms with van der Waals surface area (Å²) in [6, 6.07) is 104. The van der Waals surface area contributed by atoms with E-state index in [-0.39, 0.29) is 0 Å². The summed E-state index contributed by atoms with van der Waals surface area (Å²) in [4.78, 5) is 2.30. The first kappa shape index (κ1) is 53.5. The molecule has 0 saturated heterocycles. The fourth-order valence-electron chi connectivity index (χ4n) is 12.0. The number of nitrogens with one attached hydrogen (secondary N) is 1. The number of hydrogen-bond acceptors (Lipinski definition) is 2. The van der Waals surface area contributed by atoms with Gasteiger partial charge in [0.2, 0.25) is 0 Å². The number of benzene rings is 12. The molecule has 0 aromatic heterocycles. The molecular weight excluding hydrogens is 1140 g/mol. The molecule has 2 aliphatic rings. The van der Waals surface area contributed by atoms with Gasteiger partial charge in [-0.3, -0.25) is 0 Å². The maximum atomic E-state index is 7.07. The van der Waals surface area contributed by atoms with Crippen molar-refractivity contribution in [2.45, 2.75) is 10.8 Å². The van der Waals surface area contributed by atoms with Gasteiger partial charge in [-0.2, -0.15) is 0 Å². The van der Waals surface area contributed by atoms with Crippen LogP contribution in [0.1, 0.15) is 44.5 Å². The Hall–Kier alpha value is -8.12. The van der Waals surface area contributed by atoms with E-state index in [0.29, 0.717) is 15.1 Å². The van der Waals surface area contributed by atoms with Crippen molar-refractivity contribution in [1.82, 2.24) is 0 Å². The summed E-state index contributed by atoms with van der Waals surface area (Å²) in [6.07, 6.45) is 0. The lowest BCUT2D eigenvalue weighted by molar-refractivity contribution is 0.768. The molecule has 0 aliphatic heterocycles. The molecule has 0 radical (unpaired) electrons. The number of para-hydroxylation sites is 4. The summed E-state index contributed by atoms with van der Waals surface area (Å²) in [5.41, 5.74) is 18.3. The second-order valence-electron chi connectivity index (χ2n) is 19.9. The lowest BCUT2D eigenvalue weighted by Crippen LogP contribution is -2.28. The third-order valence-electron chi connectivity index (χ3n) is 15.2. The summed E-state index contributed by atoms with van der Waals surface area (Å²) < 4.78 is 0.993. The first-order valence-electron chi connectivity index (χ1n) is 26.7. The zero-order chi connectivity index (χ0) is 55.3. The fourth-order valence-corrected chi connectivity index (χ4v) is 13.6. The van der Waals surface area contributed by atoms with E-state index in [1.807, 2.05) is 103 Å². The van der Waals surface area contributed by atoms with Crippen molar-refractivity contribution in [3.8, 4) is 22.3 Å². The number of halogens is 5. The molecule has 0 spiro atoms. The van der Waals surface area contributed by atoms with Gasteiger partial charge in [0, 0.05) is 58.4 Å². The fraction of sp³-hybridized carbons (Fsp3) is 0.0270. The smallest absolute Gasteiger partial charge is 0.0715 e. The van der Waals surface area contributed by atoms with Gasteiger partial charge in [-0.1, -0.05) is 269 Å². The van der Waals surface area contributed by atoms with Crippen LogP contribution < -0.4 is 10.2 Å². The van der Waals surface area contributed by atoms with Crippen LogP contribution in [-0.2, 0) is 10.8 Å². The van der Waals surface area contributed by atoms with Gasteiger partial charge in [-0.25, -0.2) is 0 Å². The van der Waals surface area contributed by atoms with E-state index in [2.05, 4.69) is 226 Å². The van der Waals surface area contributed by atoms with Crippen LogP contribution >= 0.6 is 62.3 Å². The Morgan fingerprint density at radius 2 is 0.605 bits per heavy atom. The summed E-state index contributed by atoms with van der Waals surface area (Å²) in [5.74, 6) is 0. The Kier molecular flexibility index (Phi) is 15.5. The number of rotatable bonds is 9. The molecule has 0 bridgehead atoms. The molecular formula is C74H51BrCl4N2. The van der Waals surface area contributed by atoms with Gasteiger partial charge in [-0.05, 0) is 153 Å². The van der Waals surface area contributed by atoms with Crippen molar-refractivity contribution in [2.24, 2.45) is 0 Å². The summed E-state index contributed by atoms with van der Waals surface area (Å²) >= 11 is 30.6. The minimum Gasteiger partial charge on any atom is -0.356 e. The SMILES string of the molecule is Clc1ccc2c(c1)C(c1ccccc1)(c1ccccc1)c1cc(Cl)cc(Br)c1-2.Clc1ccc2c(c1)C(c1ccccc1)(c1ccccc1)c1cc(Cl)cc(N(c3ccccc3)c3ccccc3)c1-2.c1ccc(Nc2ccccc2)cc1. The second kappa shape index (κ2) is 23.5. The van der Waals surface area contributed by atoms with E-state index < -0.39 is 10.8 Å². The van der Waals surface area contributed by atoms with E-state index in [1.165, 1.54) is 44.5 Å². The Morgan fingerprint density at radius 1 is 0.296 bits per heavy atom. The Morgan fingerprint density at radius 3 is 0.988 bits per heavy atom. The van der Waals surface area contributed by atoms with Gasteiger partial charge in [0.1, 0.15) is 0 Å². The van der Waals surface area contributed by atoms with Gasteiger partial charge in [0.15, 0.2) is 0 Å². The highest BCUT2D eigenvalue weighted by Gasteiger charge is 2.49. The maximum absolute atomic E-state index is 7.07. The average Bonchev–Trinajstić information content (AvgIpc) is 4.21. The van der Waals surface area contributed by atoms with Crippen molar-refractivity contribution in [2.75, 3.05) is 10.2 Å². The topological polar surface area (TPSA) is 15.3 Å². The molecule has 12 aromatic rings. The van der Waals surface area contributed by atoms with E-state index in [1.54, 1.807) is 0 Å². The lowest BCUT2D eigenvalue weighted by atomic mass is 9.67. The first-order valence-corrected chi connectivity index (χ1v) is 29.0. The minimum absolute atomic E-state index is 0.481. The first-order chi connectivity index (χ1) is 39.7. The molecule has 1 N–H and O–H groups in total. The highest BCUT2D eigenvalue weighted by Crippen LogP contribution is 2.62. The van der Waals surface area contributed by atoms with Crippen LogP contribution in [0.4, 0.5) is 28.4 Å². The Labute approximate surface area is 502 Å². The predicted molar refractivity (Wildman–Crippen MR) is 346 cm³/mol. The molecule has 392 valence electrons. The van der Waals surface area contributed by atoms with Crippen LogP contribution in [0.3, 0.4) is 0 Å². The van der Waals surface area contributed by atoms with Crippen LogP contribution in [-0.4, -0.2) is 0 Å². The van der Waals surface area contributed by atoms with Gasteiger partial charge in [0.25, 0.3) is 0 Å². The van der Waals surface area contributed by atoms with Gasteiger partial charge in [0.05, 0.1) is 16.5 Å². The number of hydrogen-bond donors (Lipinski definition) is 1. The van der Waals surface area contributed by atoms with Crippen LogP contribution in [0.25, 0.3) is 22.3 Å². The minimum atomic E-state index is -0.600. The average molecular weight is 1190 g/mol. The maximum Gasteiger partial charge on any atom is 0.0715 e. The zero-order valence-electron chi connectivity index (χ0n) is 43.7. The standard InChI is InChI=1S/C37H25Cl2N.C25H15BrCl2.C12H11N/c38-28-21-22-32-33(23-28)37(26-13-5-1-6-14-26,27-15-7-2-8-16-27)34-24-29(39)25-35(36(32)34)40(30-17-9-3-10-18-30)31-19-11-4-12-20-31;26-23-15-19(28)14-22-24(23)20-12-11-18(27)13-21(20)25(22,16-7-3-1-4-8-16)17-9-5-2-6-10-17;1-3-7-11(8-4-1)13-12-9-5-2-6-10-12/h1-25H;1-15H;1-10,13H. The van der Waals surface area contributed by atoms with Crippen molar-refractivity contribution in [1.29, 1.82) is 0 Å². The quantitative estimate of drug-likeness (QED) is 0.155. The lowest BCUT2D eigenvalue weighted by Gasteiger charge is -2.34. The zero-order valence-corrected chi connectivity index (χ0v) is 48.3. The van der Waals surface area contributed by atoms with Crippen molar-refractivity contribution < 1.29 is 0 Å². The number of anilines is 5. The molecule has 0 heterocycles. The largest absolute Gasteiger partial charge is 0.356 e. The molecule has 81 heavy (non-hydrogen) atoms. The molecule has 7 heteroatoms. The van der Waals surface area contributed by atoms with Crippen molar-refractivity contribution in [3.63, 3.8) is 0 Å². The number of nitrogens with zero attached hydrogens (tertiary/aromatic N) is 1. The Balaban J connectivity index is 0.000000137. The molecule has 14 rings (SSSR count). The van der Waals surface area contributed by atoms with Crippen molar-refractivity contribution >= 4 is 90.8 Å². The third-order valence-corrected chi connectivity index (χ3v) is 16.7. The molecule has 0 atom stereocenters. The van der Waals surface area contributed by atoms with Crippen LogP contribution in [0.2, 0.25) is 20.1 Å². The third kappa shape index (κ3) is 10.2. The molecule has 0 unspecified atom stereocenters. The Bertz CT molecular complexity index is 3960. The van der Waals surface area contributed by atoms with E-state index in [4.69, 9.17) is 46.4 Å². The predicted octanol–water partition coefficient (Wildman–Crippen LogP) is 22.4. The summed E-state index contributed by atoms with van der Waals surface area (Å²) in [7, 11) is 0. The van der Waals surface area contributed by atoms with Crippen molar-refractivity contribution in [3.05, 3.63) is 372 Å². The second-order valence-corrected chi connectivity index (χ2v) is 22.5. The summed E-state index contributed by atoms with van der Waals surface area (Å²) in [6.45, 7) is 0. The molecule has 2 nitrogen and oxygen atoms in total. The normalized spacial score (nSPS) is 12.7. The molecule has 0 saturated carbocycles. The van der Waals surface area contributed by atoms with Gasteiger partial charge in [-0.15, -0.1) is 0 Å². The van der Waals surface area contributed by atoms with Crippen LogP contribution in [0.5, 0.6) is 0 Å². The van der Waals surface area contributed by atoms with E-state index in [0.717, 1.165) is 60.2 Å². The van der Waals surface area contributed by atoms with Gasteiger partial charge >= 0.3 is 0 Å². The summed E-state index contributed by atoms with van der Waals surface area (Å²) in [5, 5.41) is 6.13. The van der Waals surface area contributed by atoms with Gasteiger partial charge < -0.3 is 10.2 Å². The van der Waals surface area contributed by atoms with Crippen LogP contribution in [0, 0.1) is 0 Å². The van der Waals surface area contributed by atoms with Crippen LogP contribution in [0.15, 0.2) is 308 Å². The molecule has 0 fully saturated rings. The molecule has 2 aliphatic carbocycles. The monoisotopic (exact) mass is 1190 g/mol.